The monoisotopic (exact) mass is 461 g/mol. The van der Waals surface area contributed by atoms with Crippen LogP contribution in [-0.2, 0) is 9.53 Å². The van der Waals surface area contributed by atoms with Gasteiger partial charge in [-0.05, 0) is 49.7 Å². The molecule has 0 radical (unpaired) electrons. The minimum atomic E-state index is -0.664. The van der Waals surface area contributed by atoms with Crippen LogP contribution in [-0.4, -0.2) is 36.5 Å². The fourth-order valence-electron chi connectivity index (χ4n) is 3.16. The zero-order chi connectivity index (χ0) is 22.7. The number of halogens is 2. The number of ether oxygens (including phenoxy) is 1. The fraction of sp³-hybridized carbons (Fsp3) is 0.227. The molecule has 1 unspecified atom stereocenters. The Balaban J connectivity index is 1.83. The molecule has 1 heterocycles. The average Bonchev–Trinajstić information content (AvgIpc) is 2.74. The highest BCUT2D eigenvalue weighted by Crippen LogP contribution is 2.31. The molecule has 0 aromatic heterocycles. The number of esters is 1. The van der Waals surface area contributed by atoms with Crippen LogP contribution in [0.5, 0.6) is 0 Å². The Kier molecular flexibility index (Phi) is 6.87. The summed E-state index contributed by atoms with van der Waals surface area (Å²) < 4.78 is 5.18. The summed E-state index contributed by atoms with van der Waals surface area (Å²) in [5.41, 5.74) is 2.46. The second-order valence-corrected chi connectivity index (χ2v) is 7.68. The van der Waals surface area contributed by atoms with Gasteiger partial charge in [-0.3, -0.25) is 4.79 Å². The SMILES string of the molecule is CCOC(=O)C1=C(C)N(C)C(=O)NC1c1ccc(NC(=O)c2ccc(Cl)c(Cl)c2)cc1. The van der Waals surface area contributed by atoms with Gasteiger partial charge in [0.2, 0.25) is 0 Å². The van der Waals surface area contributed by atoms with Crippen molar-refractivity contribution in [2.24, 2.45) is 0 Å². The number of amides is 3. The molecule has 0 fully saturated rings. The average molecular weight is 462 g/mol. The van der Waals surface area contributed by atoms with Crippen molar-refractivity contribution in [2.45, 2.75) is 19.9 Å². The van der Waals surface area contributed by atoms with E-state index in [2.05, 4.69) is 10.6 Å². The smallest absolute Gasteiger partial charge is 0.338 e. The van der Waals surface area contributed by atoms with E-state index in [0.29, 0.717) is 33.1 Å². The van der Waals surface area contributed by atoms with Crippen molar-refractivity contribution in [3.05, 3.63) is 74.9 Å². The largest absolute Gasteiger partial charge is 0.463 e. The van der Waals surface area contributed by atoms with Crippen LogP contribution in [0.3, 0.4) is 0 Å². The van der Waals surface area contributed by atoms with Crippen molar-refractivity contribution in [2.75, 3.05) is 19.0 Å². The normalized spacial score (nSPS) is 16.1. The minimum Gasteiger partial charge on any atom is -0.463 e. The standard InChI is InChI=1S/C22H21Cl2N3O4/c1-4-31-21(29)18-12(2)27(3)22(30)26-19(18)13-5-8-15(9-6-13)25-20(28)14-7-10-16(23)17(24)11-14/h5-11,19H,4H2,1-3H3,(H,25,28)(H,26,30). The lowest BCUT2D eigenvalue weighted by Gasteiger charge is -2.33. The van der Waals surface area contributed by atoms with Gasteiger partial charge >= 0.3 is 12.0 Å². The molecule has 0 aliphatic carbocycles. The first-order valence-corrected chi connectivity index (χ1v) is 10.3. The van der Waals surface area contributed by atoms with Gasteiger partial charge in [0.1, 0.15) is 0 Å². The Labute approximate surface area is 190 Å². The number of hydrogen-bond donors (Lipinski definition) is 2. The van der Waals surface area contributed by atoms with Crippen LogP contribution < -0.4 is 10.6 Å². The zero-order valence-corrected chi connectivity index (χ0v) is 18.7. The zero-order valence-electron chi connectivity index (χ0n) is 17.2. The maximum Gasteiger partial charge on any atom is 0.338 e. The first-order valence-electron chi connectivity index (χ1n) is 9.51. The van der Waals surface area contributed by atoms with Gasteiger partial charge < -0.3 is 20.3 Å². The van der Waals surface area contributed by atoms with E-state index in [1.807, 2.05) is 0 Å². The van der Waals surface area contributed by atoms with Crippen LogP contribution in [0.4, 0.5) is 10.5 Å². The van der Waals surface area contributed by atoms with Crippen molar-refractivity contribution in [3.63, 3.8) is 0 Å². The number of nitrogens with zero attached hydrogens (tertiary/aromatic N) is 1. The molecule has 162 valence electrons. The van der Waals surface area contributed by atoms with Crippen LogP contribution in [0, 0.1) is 0 Å². The number of nitrogens with one attached hydrogen (secondary N) is 2. The molecule has 3 rings (SSSR count). The third-order valence-corrected chi connectivity index (χ3v) is 5.67. The van der Waals surface area contributed by atoms with E-state index >= 15 is 0 Å². The Morgan fingerprint density at radius 3 is 2.42 bits per heavy atom. The van der Waals surface area contributed by atoms with Crippen LogP contribution in [0.2, 0.25) is 10.0 Å². The summed E-state index contributed by atoms with van der Waals surface area (Å²) in [4.78, 5) is 38.6. The number of allylic oxidation sites excluding steroid dienone is 1. The van der Waals surface area contributed by atoms with Gasteiger partial charge in [0.15, 0.2) is 0 Å². The van der Waals surface area contributed by atoms with Gasteiger partial charge in [0, 0.05) is 24.0 Å². The molecule has 1 aliphatic heterocycles. The number of benzene rings is 2. The van der Waals surface area contributed by atoms with E-state index in [9.17, 15) is 14.4 Å². The lowest BCUT2D eigenvalue weighted by molar-refractivity contribution is -0.139. The first-order chi connectivity index (χ1) is 14.7. The van der Waals surface area contributed by atoms with E-state index in [0.717, 1.165) is 0 Å². The number of anilines is 1. The predicted octanol–water partition coefficient (Wildman–Crippen LogP) is 4.78. The van der Waals surface area contributed by atoms with E-state index in [4.69, 9.17) is 27.9 Å². The van der Waals surface area contributed by atoms with Crippen LogP contribution in [0.25, 0.3) is 0 Å². The molecule has 1 aliphatic rings. The molecular formula is C22H21Cl2N3O4. The third kappa shape index (κ3) is 4.84. The molecule has 7 nitrogen and oxygen atoms in total. The molecule has 3 amide bonds. The number of hydrogen-bond acceptors (Lipinski definition) is 4. The summed E-state index contributed by atoms with van der Waals surface area (Å²) in [5.74, 6) is -0.837. The highest BCUT2D eigenvalue weighted by Gasteiger charge is 2.34. The number of rotatable bonds is 5. The molecule has 0 saturated heterocycles. The summed E-state index contributed by atoms with van der Waals surface area (Å²) in [6, 6.07) is 10.5. The molecule has 2 N–H and O–H groups in total. The van der Waals surface area contributed by atoms with Crippen LogP contribution in [0.15, 0.2) is 53.7 Å². The Morgan fingerprint density at radius 2 is 1.81 bits per heavy atom. The molecule has 9 heteroatoms. The first kappa shape index (κ1) is 22.7. The molecule has 0 spiro atoms. The fourth-order valence-corrected chi connectivity index (χ4v) is 3.46. The van der Waals surface area contributed by atoms with Crippen LogP contribution >= 0.6 is 23.2 Å². The number of carbonyl (C=O) groups is 3. The minimum absolute atomic E-state index is 0.222. The summed E-state index contributed by atoms with van der Waals surface area (Å²) in [6.07, 6.45) is 0. The maximum absolute atomic E-state index is 12.5. The maximum atomic E-state index is 12.5. The van der Waals surface area contributed by atoms with Gasteiger partial charge in [-0.1, -0.05) is 35.3 Å². The van der Waals surface area contributed by atoms with Gasteiger partial charge in [-0.15, -0.1) is 0 Å². The Bertz CT molecular complexity index is 1070. The second-order valence-electron chi connectivity index (χ2n) is 6.87. The van der Waals surface area contributed by atoms with Crippen molar-refractivity contribution in [1.82, 2.24) is 10.2 Å². The van der Waals surface area contributed by atoms with E-state index in [1.165, 1.54) is 11.0 Å². The molecular weight excluding hydrogens is 441 g/mol. The van der Waals surface area contributed by atoms with Crippen molar-refractivity contribution in [3.8, 4) is 0 Å². The summed E-state index contributed by atoms with van der Waals surface area (Å²) in [7, 11) is 1.59. The highest BCUT2D eigenvalue weighted by atomic mass is 35.5. The molecule has 0 bridgehead atoms. The van der Waals surface area contributed by atoms with E-state index < -0.39 is 12.0 Å². The predicted molar refractivity (Wildman–Crippen MR) is 119 cm³/mol. The van der Waals surface area contributed by atoms with Gasteiger partial charge in [-0.2, -0.15) is 0 Å². The second kappa shape index (κ2) is 9.41. The van der Waals surface area contributed by atoms with Crippen molar-refractivity contribution in [1.29, 1.82) is 0 Å². The van der Waals surface area contributed by atoms with E-state index in [1.54, 1.807) is 57.3 Å². The van der Waals surface area contributed by atoms with Gasteiger partial charge in [-0.25, -0.2) is 9.59 Å². The summed E-state index contributed by atoms with van der Waals surface area (Å²) in [5, 5.41) is 6.24. The molecule has 31 heavy (non-hydrogen) atoms. The van der Waals surface area contributed by atoms with Crippen molar-refractivity contribution < 1.29 is 19.1 Å². The lowest BCUT2D eigenvalue weighted by atomic mass is 9.95. The summed E-state index contributed by atoms with van der Waals surface area (Å²) in [6.45, 7) is 3.64. The molecule has 2 aromatic rings. The number of carbonyl (C=O) groups excluding carboxylic acids is 3. The molecule has 1 atom stereocenters. The molecule has 0 saturated carbocycles. The van der Waals surface area contributed by atoms with Crippen molar-refractivity contribution >= 4 is 46.8 Å². The number of urea groups is 1. The van der Waals surface area contributed by atoms with Gasteiger partial charge in [0.25, 0.3) is 5.91 Å². The highest BCUT2D eigenvalue weighted by molar-refractivity contribution is 6.42. The van der Waals surface area contributed by atoms with E-state index in [-0.39, 0.29) is 23.6 Å². The third-order valence-electron chi connectivity index (χ3n) is 4.93. The quantitative estimate of drug-likeness (QED) is 0.627. The Morgan fingerprint density at radius 1 is 1.13 bits per heavy atom. The molecule has 2 aromatic carbocycles. The summed E-state index contributed by atoms with van der Waals surface area (Å²) >= 11 is 11.9. The Hall–Kier alpha value is -3.03. The van der Waals surface area contributed by atoms with Crippen LogP contribution in [0.1, 0.15) is 35.8 Å². The topological polar surface area (TPSA) is 87.7 Å². The lowest BCUT2D eigenvalue weighted by Crippen LogP contribution is -2.46. The van der Waals surface area contributed by atoms with Gasteiger partial charge in [0.05, 0.1) is 28.3 Å².